The van der Waals surface area contributed by atoms with E-state index in [1.807, 2.05) is 18.2 Å². The zero-order valence-corrected chi connectivity index (χ0v) is 9.37. The van der Waals surface area contributed by atoms with Crippen molar-refractivity contribution in [1.29, 1.82) is 0 Å². The predicted octanol–water partition coefficient (Wildman–Crippen LogP) is 0.415. The van der Waals surface area contributed by atoms with Gasteiger partial charge in [0.1, 0.15) is 0 Å². The summed E-state index contributed by atoms with van der Waals surface area (Å²) in [7, 11) is 3.47. The van der Waals surface area contributed by atoms with Gasteiger partial charge in [0.05, 0.1) is 12.3 Å². The molecular weight excluding hydrogens is 208 g/mol. The summed E-state index contributed by atoms with van der Waals surface area (Å²) in [6.45, 7) is -0.442. The number of hydrogen-bond donors (Lipinski definition) is 2. The van der Waals surface area contributed by atoms with Gasteiger partial charge in [0, 0.05) is 14.1 Å². The van der Waals surface area contributed by atoms with Crippen LogP contribution in [0, 0.1) is 0 Å². The van der Waals surface area contributed by atoms with Crippen molar-refractivity contribution in [3.63, 3.8) is 0 Å². The molecule has 0 spiro atoms. The van der Waals surface area contributed by atoms with Gasteiger partial charge in [-0.3, -0.25) is 5.01 Å². The predicted molar refractivity (Wildman–Crippen MR) is 61.1 cm³/mol. The molecule has 0 amide bonds. The van der Waals surface area contributed by atoms with Crippen LogP contribution in [0.15, 0.2) is 30.3 Å². The Bertz CT molecular complexity index is 340. The molecular formula is C11H16N2O3. The second-order valence-electron chi connectivity index (χ2n) is 3.56. The Hall–Kier alpha value is -1.59. The fourth-order valence-corrected chi connectivity index (χ4v) is 1.53. The highest BCUT2D eigenvalue weighted by molar-refractivity contribution is 5.78. The number of para-hydroxylation sites is 1. The molecule has 0 saturated heterocycles. The largest absolute Gasteiger partial charge is 0.480 e. The van der Waals surface area contributed by atoms with Gasteiger partial charge in [-0.1, -0.05) is 18.2 Å². The Balaban J connectivity index is 3.04. The van der Waals surface area contributed by atoms with Crippen molar-refractivity contribution in [2.24, 2.45) is 0 Å². The summed E-state index contributed by atoms with van der Waals surface area (Å²) in [5.41, 5.74) is 0.731. The first-order chi connectivity index (χ1) is 7.57. The molecule has 16 heavy (non-hydrogen) atoms. The smallest absolute Gasteiger partial charge is 0.330 e. The van der Waals surface area contributed by atoms with Gasteiger partial charge in [-0.25, -0.2) is 9.80 Å². The van der Waals surface area contributed by atoms with Gasteiger partial charge in [-0.15, -0.1) is 0 Å². The molecule has 2 N–H and O–H groups in total. The number of nitrogens with zero attached hydrogens (tertiary/aromatic N) is 2. The summed E-state index contributed by atoms with van der Waals surface area (Å²) in [6.07, 6.45) is 0. The normalized spacial score (nSPS) is 12.5. The van der Waals surface area contributed by atoms with Crippen molar-refractivity contribution in [2.75, 3.05) is 25.7 Å². The van der Waals surface area contributed by atoms with Crippen LogP contribution in [-0.4, -0.2) is 47.9 Å². The van der Waals surface area contributed by atoms with Gasteiger partial charge >= 0.3 is 5.97 Å². The van der Waals surface area contributed by atoms with Crippen LogP contribution >= 0.6 is 0 Å². The highest BCUT2D eigenvalue weighted by Crippen LogP contribution is 2.17. The van der Waals surface area contributed by atoms with Gasteiger partial charge in [-0.2, -0.15) is 0 Å². The Kier molecular flexibility index (Phi) is 4.28. The average molecular weight is 224 g/mol. The van der Waals surface area contributed by atoms with Crippen LogP contribution in [0.5, 0.6) is 0 Å². The lowest BCUT2D eigenvalue weighted by Gasteiger charge is -2.35. The minimum atomic E-state index is -1.06. The maximum atomic E-state index is 11.0. The van der Waals surface area contributed by atoms with E-state index in [0.29, 0.717) is 0 Å². The summed E-state index contributed by atoms with van der Waals surface area (Å²) in [5, 5.41) is 21.3. The number of aliphatic carboxylic acids is 1. The number of hydrazine groups is 1. The minimum Gasteiger partial charge on any atom is -0.480 e. The number of carboxylic acids is 1. The van der Waals surface area contributed by atoms with Crippen LogP contribution in [0.2, 0.25) is 0 Å². The van der Waals surface area contributed by atoms with E-state index in [1.165, 1.54) is 5.01 Å². The maximum absolute atomic E-state index is 11.0. The average Bonchev–Trinajstić information content (AvgIpc) is 2.25. The molecule has 0 unspecified atom stereocenters. The lowest BCUT2D eigenvalue weighted by Crippen LogP contribution is -2.51. The SMILES string of the molecule is CN(C)N(c1ccccc1)[C@@H](CO)C(=O)O. The van der Waals surface area contributed by atoms with Gasteiger partial charge in [0.25, 0.3) is 0 Å². The Morgan fingerprint density at radius 3 is 2.25 bits per heavy atom. The summed E-state index contributed by atoms with van der Waals surface area (Å²) in [4.78, 5) is 11.0. The Labute approximate surface area is 94.5 Å². The molecule has 1 aromatic rings. The number of carboxylic acid groups (broad SMARTS) is 1. The summed E-state index contributed by atoms with van der Waals surface area (Å²) < 4.78 is 0. The van der Waals surface area contributed by atoms with E-state index in [4.69, 9.17) is 10.2 Å². The topological polar surface area (TPSA) is 64.0 Å². The van der Waals surface area contributed by atoms with E-state index in [2.05, 4.69) is 0 Å². The molecule has 0 bridgehead atoms. The number of anilines is 1. The molecule has 5 nitrogen and oxygen atoms in total. The first-order valence-electron chi connectivity index (χ1n) is 4.93. The number of hydrogen-bond acceptors (Lipinski definition) is 4. The van der Waals surface area contributed by atoms with E-state index >= 15 is 0 Å². The number of aliphatic hydroxyl groups is 1. The first-order valence-corrected chi connectivity index (χ1v) is 4.93. The monoisotopic (exact) mass is 224 g/mol. The molecule has 1 atom stereocenters. The first kappa shape index (κ1) is 12.5. The van der Waals surface area contributed by atoms with Crippen molar-refractivity contribution in [3.05, 3.63) is 30.3 Å². The fraction of sp³-hybridized carbons (Fsp3) is 0.364. The summed E-state index contributed by atoms with van der Waals surface area (Å²) >= 11 is 0. The summed E-state index contributed by atoms with van der Waals surface area (Å²) in [6, 6.07) is 8.12. The number of rotatable bonds is 5. The molecule has 5 heteroatoms. The number of aliphatic hydroxyl groups excluding tert-OH is 1. The van der Waals surface area contributed by atoms with Crippen molar-refractivity contribution >= 4 is 11.7 Å². The van der Waals surface area contributed by atoms with Crippen molar-refractivity contribution in [2.45, 2.75) is 6.04 Å². The zero-order chi connectivity index (χ0) is 12.1. The van der Waals surface area contributed by atoms with Crippen molar-refractivity contribution in [1.82, 2.24) is 5.01 Å². The van der Waals surface area contributed by atoms with Gasteiger partial charge < -0.3 is 10.2 Å². The van der Waals surface area contributed by atoms with Crippen LogP contribution in [0.4, 0.5) is 5.69 Å². The van der Waals surface area contributed by atoms with E-state index in [0.717, 1.165) is 5.69 Å². The van der Waals surface area contributed by atoms with Crippen LogP contribution in [0.3, 0.4) is 0 Å². The molecule has 0 aliphatic carbocycles. The molecule has 1 rings (SSSR count). The Morgan fingerprint density at radius 2 is 1.88 bits per heavy atom. The van der Waals surface area contributed by atoms with Crippen molar-refractivity contribution in [3.8, 4) is 0 Å². The van der Waals surface area contributed by atoms with Crippen LogP contribution in [0.25, 0.3) is 0 Å². The van der Waals surface area contributed by atoms with Gasteiger partial charge in [-0.05, 0) is 12.1 Å². The second kappa shape index (κ2) is 5.48. The highest BCUT2D eigenvalue weighted by Gasteiger charge is 2.26. The third kappa shape index (κ3) is 2.71. The number of carbonyl (C=O) groups is 1. The van der Waals surface area contributed by atoms with Gasteiger partial charge in [0.15, 0.2) is 6.04 Å². The molecule has 88 valence electrons. The maximum Gasteiger partial charge on any atom is 0.330 e. The van der Waals surface area contributed by atoms with E-state index < -0.39 is 18.6 Å². The lowest BCUT2D eigenvalue weighted by atomic mass is 10.2. The molecule has 1 aromatic carbocycles. The molecule has 0 saturated carbocycles. The minimum absolute atomic E-state index is 0.442. The molecule has 0 radical (unpaired) electrons. The standard InChI is InChI=1S/C11H16N2O3/c1-12(2)13(10(8-14)11(15)16)9-6-4-3-5-7-9/h3-7,10,14H,8H2,1-2H3,(H,15,16)/t10-/m0/s1. The molecule has 0 aromatic heterocycles. The van der Waals surface area contributed by atoms with E-state index in [-0.39, 0.29) is 0 Å². The van der Waals surface area contributed by atoms with Crippen molar-refractivity contribution < 1.29 is 15.0 Å². The van der Waals surface area contributed by atoms with Gasteiger partial charge in [0.2, 0.25) is 0 Å². The van der Waals surface area contributed by atoms with Crippen LogP contribution in [-0.2, 0) is 4.79 Å². The summed E-state index contributed by atoms with van der Waals surface area (Å²) in [5.74, 6) is -1.06. The van der Waals surface area contributed by atoms with E-state index in [9.17, 15) is 4.79 Å². The molecule has 0 aliphatic heterocycles. The van der Waals surface area contributed by atoms with Crippen LogP contribution < -0.4 is 5.01 Å². The third-order valence-electron chi connectivity index (χ3n) is 2.20. The second-order valence-corrected chi connectivity index (χ2v) is 3.56. The Morgan fingerprint density at radius 1 is 1.31 bits per heavy atom. The third-order valence-corrected chi connectivity index (χ3v) is 2.20. The molecule has 0 heterocycles. The lowest BCUT2D eigenvalue weighted by molar-refractivity contribution is -0.140. The van der Waals surface area contributed by atoms with Crippen LogP contribution in [0.1, 0.15) is 0 Å². The fourth-order valence-electron chi connectivity index (χ4n) is 1.53. The zero-order valence-electron chi connectivity index (χ0n) is 9.37. The quantitative estimate of drug-likeness (QED) is 0.709. The number of benzene rings is 1. The highest BCUT2D eigenvalue weighted by atomic mass is 16.4. The van der Waals surface area contributed by atoms with E-state index in [1.54, 1.807) is 31.2 Å². The molecule has 0 fully saturated rings. The molecule has 0 aliphatic rings.